The van der Waals surface area contributed by atoms with Crippen LogP contribution in [-0.4, -0.2) is 22.9 Å². The Bertz CT molecular complexity index is 923. The van der Waals surface area contributed by atoms with Crippen molar-refractivity contribution in [2.45, 2.75) is 44.1 Å². The molecule has 0 bridgehead atoms. The van der Waals surface area contributed by atoms with Crippen molar-refractivity contribution in [3.63, 3.8) is 0 Å². The van der Waals surface area contributed by atoms with Gasteiger partial charge in [-0.3, -0.25) is 19.7 Å². The highest BCUT2D eigenvalue weighted by molar-refractivity contribution is 5.96. The number of ether oxygens (including phenoxy) is 1. The van der Waals surface area contributed by atoms with E-state index < -0.39 is 28.3 Å². The summed E-state index contributed by atoms with van der Waals surface area (Å²) >= 11 is 0. The van der Waals surface area contributed by atoms with Crippen molar-refractivity contribution < 1.29 is 23.6 Å². The first-order valence-corrected chi connectivity index (χ1v) is 9.34. The molecule has 1 aliphatic rings. The van der Waals surface area contributed by atoms with Gasteiger partial charge < -0.3 is 10.1 Å². The molecule has 1 amide bonds. The highest BCUT2D eigenvalue weighted by Crippen LogP contribution is 2.42. The molecule has 1 atom stereocenters. The van der Waals surface area contributed by atoms with Crippen molar-refractivity contribution in [2.75, 3.05) is 5.32 Å². The fourth-order valence-electron chi connectivity index (χ4n) is 3.63. The average molecular weight is 400 g/mol. The molecular formula is C21H21FN2O5. The molecule has 2 aromatic carbocycles. The lowest BCUT2D eigenvalue weighted by Crippen LogP contribution is -2.39. The summed E-state index contributed by atoms with van der Waals surface area (Å²) in [6.07, 6.45) is 1.70. The van der Waals surface area contributed by atoms with E-state index >= 15 is 0 Å². The number of benzene rings is 2. The Morgan fingerprint density at radius 3 is 2.45 bits per heavy atom. The SMILES string of the molecule is C[C@@H](OC(=O)C1(c2ccc(F)cc2)CCCC1)C(=O)Nc1cccc([N+](=O)[O-])c1. The highest BCUT2D eigenvalue weighted by atomic mass is 19.1. The monoisotopic (exact) mass is 400 g/mol. The van der Waals surface area contributed by atoms with Crippen molar-refractivity contribution in [1.82, 2.24) is 0 Å². The normalized spacial score (nSPS) is 16.1. The number of carbonyl (C=O) groups excluding carboxylic acids is 2. The Morgan fingerprint density at radius 1 is 1.17 bits per heavy atom. The van der Waals surface area contributed by atoms with Crippen LogP contribution in [0, 0.1) is 15.9 Å². The van der Waals surface area contributed by atoms with Crippen LogP contribution in [0.15, 0.2) is 48.5 Å². The maximum absolute atomic E-state index is 13.3. The van der Waals surface area contributed by atoms with Crippen LogP contribution in [0.4, 0.5) is 15.8 Å². The molecule has 0 aromatic heterocycles. The Hall–Kier alpha value is -3.29. The second kappa shape index (κ2) is 8.38. The van der Waals surface area contributed by atoms with E-state index in [9.17, 15) is 24.1 Å². The molecule has 3 rings (SSSR count). The molecule has 29 heavy (non-hydrogen) atoms. The van der Waals surface area contributed by atoms with Gasteiger partial charge in [0.25, 0.3) is 11.6 Å². The number of hydrogen-bond acceptors (Lipinski definition) is 5. The maximum atomic E-state index is 13.3. The van der Waals surface area contributed by atoms with Crippen LogP contribution >= 0.6 is 0 Å². The Kier molecular flexibility index (Phi) is 5.91. The van der Waals surface area contributed by atoms with Crippen LogP contribution in [0.5, 0.6) is 0 Å². The van der Waals surface area contributed by atoms with Crippen molar-refractivity contribution >= 4 is 23.3 Å². The average Bonchev–Trinajstić information content (AvgIpc) is 3.20. The van der Waals surface area contributed by atoms with Crippen LogP contribution in [-0.2, 0) is 19.7 Å². The number of non-ortho nitro benzene ring substituents is 1. The summed E-state index contributed by atoms with van der Waals surface area (Å²) in [4.78, 5) is 35.7. The molecule has 0 saturated heterocycles. The summed E-state index contributed by atoms with van der Waals surface area (Å²) in [7, 11) is 0. The van der Waals surface area contributed by atoms with Gasteiger partial charge in [-0.1, -0.05) is 31.0 Å². The largest absolute Gasteiger partial charge is 0.452 e. The Morgan fingerprint density at radius 2 is 1.83 bits per heavy atom. The molecule has 1 saturated carbocycles. The number of nitro benzene ring substituents is 1. The Labute approximate surface area is 167 Å². The summed E-state index contributed by atoms with van der Waals surface area (Å²) in [6, 6.07) is 11.3. The van der Waals surface area contributed by atoms with Gasteiger partial charge in [-0.2, -0.15) is 0 Å². The minimum Gasteiger partial charge on any atom is -0.452 e. The molecule has 7 nitrogen and oxygen atoms in total. The summed E-state index contributed by atoms with van der Waals surface area (Å²) in [5.74, 6) is -1.51. The third-order valence-corrected chi connectivity index (χ3v) is 5.22. The zero-order valence-electron chi connectivity index (χ0n) is 15.9. The van der Waals surface area contributed by atoms with Crippen LogP contribution in [0.1, 0.15) is 38.2 Å². The number of carbonyl (C=O) groups is 2. The molecule has 0 spiro atoms. The summed E-state index contributed by atoms with van der Waals surface area (Å²) in [5.41, 5.74) is -0.143. The van der Waals surface area contributed by atoms with E-state index in [0.29, 0.717) is 18.4 Å². The van der Waals surface area contributed by atoms with E-state index in [1.165, 1.54) is 43.3 Å². The summed E-state index contributed by atoms with van der Waals surface area (Å²) in [5, 5.41) is 13.4. The smallest absolute Gasteiger partial charge is 0.317 e. The van der Waals surface area contributed by atoms with Crippen LogP contribution in [0.3, 0.4) is 0 Å². The van der Waals surface area contributed by atoms with Gasteiger partial charge in [0.15, 0.2) is 6.10 Å². The molecule has 0 unspecified atom stereocenters. The lowest BCUT2D eigenvalue weighted by Gasteiger charge is -2.28. The van der Waals surface area contributed by atoms with E-state index in [-0.39, 0.29) is 17.2 Å². The molecule has 152 valence electrons. The predicted molar refractivity (Wildman–Crippen MR) is 104 cm³/mol. The molecule has 0 aliphatic heterocycles. The number of hydrogen-bond donors (Lipinski definition) is 1. The number of nitrogens with zero attached hydrogens (tertiary/aromatic N) is 1. The molecule has 1 N–H and O–H groups in total. The molecule has 2 aromatic rings. The minimum atomic E-state index is -1.10. The standard InChI is InChI=1S/C21H21FN2O5/c1-14(19(25)23-17-5-4-6-18(13-17)24(27)28)29-20(26)21(11-2-3-12-21)15-7-9-16(22)10-8-15/h4-10,13-14H,2-3,11-12H2,1H3,(H,23,25)/t14-/m1/s1. The number of nitro groups is 1. The van der Waals surface area contributed by atoms with Crippen molar-refractivity contribution in [1.29, 1.82) is 0 Å². The van der Waals surface area contributed by atoms with Crippen molar-refractivity contribution in [3.05, 3.63) is 70.0 Å². The summed E-state index contributed by atoms with van der Waals surface area (Å²) in [6.45, 7) is 1.44. The Balaban J connectivity index is 1.71. The van der Waals surface area contributed by atoms with Gasteiger partial charge in [-0.15, -0.1) is 0 Å². The third kappa shape index (κ3) is 4.42. The predicted octanol–water partition coefficient (Wildman–Crippen LogP) is 4.12. The van der Waals surface area contributed by atoms with Gasteiger partial charge in [0.1, 0.15) is 5.82 Å². The van der Waals surface area contributed by atoms with Gasteiger partial charge in [-0.05, 0) is 43.5 Å². The van der Waals surface area contributed by atoms with Crippen molar-refractivity contribution in [2.24, 2.45) is 0 Å². The molecule has 1 aliphatic carbocycles. The van der Waals surface area contributed by atoms with Gasteiger partial charge in [0.2, 0.25) is 0 Å². The second-order valence-electron chi connectivity index (χ2n) is 7.14. The van der Waals surface area contributed by atoms with Crippen LogP contribution in [0.25, 0.3) is 0 Å². The number of rotatable bonds is 6. The van der Waals surface area contributed by atoms with E-state index in [1.807, 2.05) is 0 Å². The first kappa shape index (κ1) is 20.4. The van der Waals surface area contributed by atoms with Gasteiger partial charge in [0.05, 0.1) is 10.3 Å². The first-order valence-electron chi connectivity index (χ1n) is 9.34. The van der Waals surface area contributed by atoms with Gasteiger partial charge in [-0.25, -0.2) is 4.39 Å². The molecule has 0 heterocycles. The molecular weight excluding hydrogens is 379 g/mol. The van der Waals surface area contributed by atoms with Gasteiger partial charge in [0, 0.05) is 17.8 Å². The van der Waals surface area contributed by atoms with E-state index in [4.69, 9.17) is 4.74 Å². The zero-order chi connectivity index (χ0) is 21.0. The fourth-order valence-corrected chi connectivity index (χ4v) is 3.63. The number of esters is 1. The zero-order valence-corrected chi connectivity index (χ0v) is 15.9. The lowest BCUT2D eigenvalue weighted by atomic mass is 9.79. The van der Waals surface area contributed by atoms with E-state index in [2.05, 4.69) is 5.32 Å². The second-order valence-corrected chi connectivity index (χ2v) is 7.14. The molecule has 1 fully saturated rings. The quantitative estimate of drug-likeness (QED) is 0.447. The number of nitrogens with one attached hydrogen (secondary N) is 1. The number of halogens is 1. The fraction of sp³-hybridized carbons (Fsp3) is 0.333. The summed E-state index contributed by atoms with van der Waals surface area (Å²) < 4.78 is 18.7. The lowest BCUT2D eigenvalue weighted by molar-refractivity contribution is -0.384. The van der Waals surface area contributed by atoms with Gasteiger partial charge >= 0.3 is 5.97 Å². The number of amides is 1. The van der Waals surface area contributed by atoms with E-state index in [0.717, 1.165) is 12.8 Å². The minimum absolute atomic E-state index is 0.159. The number of anilines is 1. The van der Waals surface area contributed by atoms with E-state index in [1.54, 1.807) is 12.1 Å². The van der Waals surface area contributed by atoms with Crippen molar-refractivity contribution in [3.8, 4) is 0 Å². The highest BCUT2D eigenvalue weighted by Gasteiger charge is 2.45. The molecule has 0 radical (unpaired) electrons. The molecule has 8 heteroatoms. The third-order valence-electron chi connectivity index (χ3n) is 5.22. The maximum Gasteiger partial charge on any atom is 0.317 e. The topological polar surface area (TPSA) is 98.5 Å². The van der Waals surface area contributed by atoms with Crippen LogP contribution < -0.4 is 5.32 Å². The first-order chi connectivity index (χ1) is 13.8. The van der Waals surface area contributed by atoms with Crippen LogP contribution in [0.2, 0.25) is 0 Å².